The Morgan fingerprint density at radius 1 is 1.44 bits per heavy atom. The Morgan fingerprint density at radius 2 is 2.00 bits per heavy atom. The van der Waals surface area contributed by atoms with Gasteiger partial charge in [0.05, 0.1) is 18.1 Å². The summed E-state index contributed by atoms with van der Waals surface area (Å²) in [7, 11) is 1.57. The summed E-state index contributed by atoms with van der Waals surface area (Å²) in [6.45, 7) is 1.74. The molecule has 4 nitrogen and oxygen atoms in total. The fraction of sp³-hybridized carbons (Fsp3) is 0.273. The number of rotatable bonds is 4. The van der Waals surface area contributed by atoms with Gasteiger partial charge < -0.3 is 15.8 Å². The van der Waals surface area contributed by atoms with E-state index < -0.39 is 0 Å². The molecule has 1 aromatic rings. The van der Waals surface area contributed by atoms with Gasteiger partial charge in [-0.3, -0.25) is 4.79 Å². The fourth-order valence-corrected chi connectivity index (χ4v) is 1.15. The van der Waals surface area contributed by atoms with Crippen LogP contribution < -0.4 is 15.8 Å². The molecule has 0 aromatic heterocycles. The Bertz CT molecular complexity index is 389. The van der Waals surface area contributed by atoms with E-state index in [4.69, 9.17) is 22.7 Å². The molecule has 0 aliphatic rings. The topological polar surface area (TPSA) is 64.3 Å². The Balaban J connectivity index is 2.69. The van der Waals surface area contributed by atoms with Crippen LogP contribution in [0, 0.1) is 0 Å². The first-order valence-corrected chi connectivity index (χ1v) is 5.19. The first kappa shape index (κ1) is 12.4. The van der Waals surface area contributed by atoms with E-state index in [1.807, 2.05) is 0 Å². The Morgan fingerprint density at radius 3 is 2.44 bits per heavy atom. The molecule has 5 heteroatoms. The zero-order valence-corrected chi connectivity index (χ0v) is 10.0. The van der Waals surface area contributed by atoms with Crippen molar-refractivity contribution < 1.29 is 9.53 Å². The predicted octanol–water partition coefficient (Wildman–Crippen LogP) is 1.10. The lowest BCUT2D eigenvalue weighted by Gasteiger charge is -2.12. The maximum absolute atomic E-state index is 11.7. The number of nitrogens with two attached hydrogens (primary N) is 1. The Labute approximate surface area is 99.8 Å². The standard InChI is InChI=1S/C11H14N2O2S/c1-7(10(12)16)13-11(14)8-3-5-9(15-2)6-4-8/h3-7H,1-2H3,(H2,12,16)(H,13,14). The highest BCUT2D eigenvalue weighted by atomic mass is 32.1. The average Bonchev–Trinajstić information content (AvgIpc) is 2.28. The molecule has 0 fully saturated rings. The second-order valence-electron chi connectivity index (χ2n) is 3.33. The van der Waals surface area contributed by atoms with Crippen LogP contribution in [0.2, 0.25) is 0 Å². The van der Waals surface area contributed by atoms with Crippen molar-refractivity contribution in [1.82, 2.24) is 5.32 Å². The quantitative estimate of drug-likeness (QED) is 0.771. The van der Waals surface area contributed by atoms with Crippen LogP contribution in [0.1, 0.15) is 17.3 Å². The van der Waals surface area contributed by atoms with Crippen molar-refractivity contribution in [2.24, 2.45) is 5.73 Å². The summed E-state index contributed by atoms with van der Waals surface area (Å²) in [6.07, 6.45) is 0. The maximum Gasteiger partial charge on any atom is 0.251 e. The summed E-state index contributed by atoms with van der Waals surface area (Å²) >= 11 is 4.77. The van der Waals surface area contributed by atoms with Gasteiger partial charge in [0.1, 0.15) is 5.75 Å². The van der Waals surface area contributed by atoms with Crippen molar-refractivity contribution in [2.45, 2.75) is 13.0 Å². The lowest BCUT2D eigenvalue weighted by molar-refractivity contribution is 0.0949. The van der Waals surface area contributed by atoms with E-state index in [2.05, 4.69) is 5.32 Å². The molecule has 0 aliphatic heterocycles. The third-order valence-electron chi connectivity index (χ3n) is 2.13. The van der Waals surface area contributed by atoms with Gasteiger partial charge in [-0.25, -0.2) is 0 Å². The normalized spacial score (nSPS) is 11.6. The van der Waals surface area contributed by atoms with Crippen molar-refractivity contribution in [2.75, 3.05) is 7.11 Å². The van der Waals surface area contributed by atoms with Crippen LogP contribution in [-0.4, -0.2) is 24.0 Å². The predicted molar refractivity (Wildman–Crippen MR) is 66.7 cm³/mol. The fourth-order valence-electron chi connectivity index (χ4n) is 1.09. The van der Waals surface area contributed by atoms with Crippen molar-refractivity contribution in [3.63, 3.8) is 0 Å². The molecule has 0 bridgehead atoms. The highest BCUT2D eigenvalue weighted by molar-refractivity contribution is 7.80. The summed E-state index contributed by atoms with van der Waals surface area (Å²) in [5.74, 6) is 0.502. The first-order valence-electron chi connectivity index (χ1n) is 4.79. The van der Waals surface area contributed by atoms with E-state index in [1.165, 1.54) is 0 Å². The molecule has 0 aliphatic carbocycles. The van der Waals surface area contributed by atoms with E-state index in [0.29, 0.717) is 11.3 Å². The molecule has 0 radical (unpaired) electrons. The van der Waals surface area contributed by atoms with Crippen molar-refractivity contribution in [3.05, 3.63) is 29.8 Å². The van der Waals surface area contributed by atoms with Crippen LogP contribution in [0.15, 0.2) is 24.3 Å². The molecule has 0 heterocycles. The number of methoxy groups -OCH3 is 1. The highest BCUT2D eigenvalue weighted by Crippen LogP contribution is 2.11. The van der Waals surface area contributed by atoms with Crippen LogP contribution in [0.25, 0.3) is 0 Å². The lowest BCUT2D eigenvalue weighted by atomic mass is 10.2. The van der Waals surface area contributed by atoms with E-state index in [9.17, 15) is 4.79 Å². The number of nitrogens with one attached hydrogen (secondary N) is 1. The number of hydrogen-bond donors (Lipinski definition) is 2. The average molecular weight is 238 g/mol. The lowest BCUT2D eigenvalue weighted by Crippen LogP contribution is -2.41. The van der Waals surface area contributed by atoms with Crippen LogP contribution in [0.5, 0.6) is 5.75 Å². The minimum absolute atomic E-state index is 0.206. The number of carbonyl (C=O) groups excluding carboxylic acids is 1. The third-order valence-corrected chi connectivity index (χ3v) is 2.48. The van der Waals surface area contributed by atoms with Crippen LogP contribution in [0.4, 0.5) is 0 Å². The van der Waals surface area contributed by atoms with E-state index in [-0.39, 0.29) is 16.9 Å². The zero-order valence-electron chi connectivity index (χ0n) is 9.19. The molecule has 0 saturated heterocycles. The molecule has 0 spiro atoms. The zero-order chi connectivity index (χ0) is 12.1. The summed E-state index contributed by atoms with van der Waals surface area (Å²) in [5, 5.41) is 2.69. The van der Waals surface area contributed by atoms with E-state index in [0.717, 1.165) is 0 Å². The Kier molecular flexibility index (Phi) is 4.25. The Hall–Kier alpha value is -1.62. The summed E-state index contributed by atoms with van der Waals surface area (Å²) in [5.41, 5.74) is 5.95. The minimum Gasteiger partial charge on any atom is -0.497 e. The van der Waals surface area contributed by atoms with Crippen molar-refractivity contribution in [3.8, 4) is 5.75 Å². The number of benzene rings is 1. The number of hydrogen-bond acceptors (Lipinski definition) is 3. The van der Waals surface area contributed by atoms with Crippen molar-refractivity contribution in [1.29, 1.82) is 0 Å². The van der Waals surface area contributed by atoms with E-state index >= 15 is 0 Å². The second kappa shape index (κ2) is 5.46. The summed E-state index contributed by atoms with van der Waals surface area (Å²) < 4.78 is 5.00. The first-order chi connectivity index (χ1) is 7.54. The van der Waals surface area contributed by atoms with Crippen LogP contribution in [0.3, 0.4) is 0 Å². The molecule has 1 amide bonds. The van der Waals surface area contributed by atoms with Crippen LogP contribution in [-0.2, 0) is 0 Å². The van der Waals surface area contributed by atoms with Gasteiger partial charge in [0.15, 0.2) is 0 Å². The van der Waals surface area contributed by atoms with Gasteiger partial charge >= 0.3 is 0 Å². The SMILES string of the molecule is COc1ccc(C(=O)NC(C)C(N)=S)cc1. The number of ether oxygens (including phenoxy) is 1. The molecule has 16 heavy (non-hydrogen) atoms. The molecule has 1 aromatic carbocycles. The van der Waals surface area contributed by atoms with E-state index in [1.54, 1.807) is 38.3 Å². The molecular formula is C11H14N2O2S. The number of carbonyl (C=O) groups is 1. The van der Waals surface area contributed by atoms with Gasteiger partial charge in [-0.2, -0.15) is 0 Å². The number of amides is 1. The van der Waals surface area contributed by atoms with Crippen molar-refractivity contribution >= 4 is 23.1 Å². The third kappa shape index (κ3) is 3.20. The molecule has 0 saturated carbocycles. The molecule has 1 rings (SSSR count). The van der Waals surface area contributed by atoms with Gasteiger partial charge in [0.2, 0.25) is 0 Å². The molecule has 86 valence electrons. The molecule has 1 atom stereocenters. The second-order valence-corrected chi connectivity index (χ2v) is 3.80. The summed E-state index contributed by atoms with van der Waals surface area (Å²) in [6, 6.07) is 6.49. The van der Waals surface area contributed by atoms with Gasteiger partial charge in [0, 0.05) is 5.56 Å². The van der Waals surface area contributed by atoms with Gasteiger partial charge in [-0.1, -0.05) is 12.2 Å². The monoisotopic (exact) mass is 238 g/mol. The molecule has 3 N–H and O–H groups in total. The van der Waals surface area contributed by atoms with Gasteiger partial charge in [0.25, 0.3) is 5.91 Å². The smallest absolute Gasteiger partial charge is 0.251 e. The van der Waals surface area contributed by atoms with Crippen LogP contribution >= 0.6 is 12.2 Å². The minimum atomic E-state index is -0.315. The largest absolute Gasteiger partial charge is 0.497 e. The maximum atomic E-state index is 11.7. The molecular weight excluding hydrogens is 224 g/mol. The van der Waals surface area contributed by atoms with Gasteiger partial charge in [-0.05, 0) is 31.2 Å². The van der Waals surface area contributed by atoms with Gasteiger partial charge in [-0.15, -0.1) is 0 Å². The summed E-state index contributed by atoms with van der Waals surface area (Å²) in [4.78, 5) is 12.0. The molecule has 1 unspecified atom stereocenters. The number of thiocarbonyl (C=S) groups is 1. The highest BCUT2D eigenvalue weighted by Gasteiger charge is 2.11.